The normalized spacial score (nSPS) is 15.3. The van der Waals surface area contributed by atoms with E-state index in [-0.39, 0.29) is 0 Å². The van der Waals surface area contributed by atoms with E-state index in [9.17, 15) is 0 Å². The number of rotatable bonds is 3. The fourth-order valence-electron chi connectivity index (χ4n) is 2.78. The van der Waals surface area contributed by atoms with Crippen LogP contribution in [0.15, 0.2) is 42.6 Å². The van der Waals surface area contributed by atoms with Crippen molar-refractivity contribution in [3.05, 3.63) is 53.2 Å². The predicted octanol–water partition coefficient (Wildman–Crippen LogP) is 2.52. The highest BCUT2D eigenvalue weighted by Crippen LogP contribution is 2.30. The molecule has 1 aliphatic heterocycles. The number of hydrogen-bond acceptors (Lipinski definition) is 4. The molecule has 2 heterocycles. The Hall–Kier alpha value is -1.78. The zero-order chi connectivity index (χ0) is 14.7. The van der Waals surface area contributed by atoms with Gasteiger partial charge >= 0.3 is 0 Å². The fraction of sp³-hybridized carbons (Fsp3) is 0.312. The molecule has 3 rings (SSSR count). The second kappa shape index (κ2) is 6.33. The maximum absolute atomic E-state index is 6.37. The molecule has 1 aromatic carbocycles. The molecule has 0 radical (unpaired) electrons. The lowest BCUT2D eigenvalue weighted by molar-refractivity contribution is 0.645. The Morgan fingerprint density at radius 2 is 1.76 bits per heavy atom. The lowest BCUT2D eigenvalue weighted by atomic mass is 10.1. The van der Waals surface area contributed by atoms with Crippen LogP contribution in [0.3, 0.4) is 0 Å². The molecule has 5 heteroatoms. The molecule has 2 N–H and O–H groups in total. The second-order valence-electron chi connectivity index (χ2n) is 5.11. The highest BCUT2D eigenvalue weighted by Gasteiger charge is 2.21. The topological polar surface area (TPSA) is 45.4 Å². The Morgan fingerprint density at radius 1 is 1.00 bits per heavy atom. The molecule has 1 aromatic heterocycles. The number of pyridine rings is 1. The molecule has 0 amide bonds. The zero-order valence-corrected chi connectivity index (χ0v) is 12.6. The lowest BCUT2D eigenvalue weighted by Gasteiger charge is -2.37. The molecular weight excluding hydrogens is 284 g/mol. The largest absolute Gasteiger partial charge is 0.367 e. The Labute approximate surface area is 130 Å². The Bertz CT molecular complexity index is 594. The summed E-state index contributed by atoms with van der Waals surface area (Å²) in [5, 5.41) is 0.782. The number of para-hydroxylation sites is 1. The van der Waals surface area contributed by atoms with Gasteiger partial charge in [0, 0.05) is 38.9 Å². The van der Waals surface area contributed by atoms with Crippen molar-refractivity contribution < 1.29 is 0 Å². The van der Waals surface area contributed by atoms with Gasteiger partial charge in [-0.2, -0.15) is 0 Å². The molecule has 0 aliphatic carbocycles. The first-order valence-electron chi connectivity index (χ1n) is 7.18. The molecule has 1 saturated heterocycles. The average Bonchev–Trinajstić information content (AvgIpc) is 2.55. The summed E-state index contributed by atoms with van der Waals surface area (Å²) in [4.78, 5) is 9.04. The number of anilines is 2. The predicted molar refractivity (Wildman–Crippen MR) is 88.0 cm³/mol. The van der Waals surface area contributed by atoms with Crippen molar-refractivity contribution in [3.8, 4) is 0 Å². The SMILES string of the molecule is NCc1cccc(Cl)c1N1CCN(c2ccccn2)CC1. The fourth-order valence-corrected chi connectivity index (χ4v) is 3.09. The molecule has 110 valence electrons. The Morgan fingerprint density at radius 3 is 2.43 bits per heavy atom. The molecule has 0 unspecified atom stereocenters. The number of halogens is 1. The van der Waals surface area contributed by atoms with Gasteiger partial charge in [-0.1, -0.05) is 29.8 Å². The molecule has 0 bridgehead atoms. The number of hydrogen-bond donors (Lipinski definition) is 1. The maximum atomic E-state index is 6.37. The summed E-state index contributed by atoms with van der Waals surface area (Å²) in [7, 11) is 0. The minimum Gasteiger partial charge on any atom is -0.367 e. The van der Waals surface area contributed by atoms with Gasteiger partial charge in [-0.3, -0.25) is 0 Å². The Kier molecular flexibility index (Phi) is 4.27. The molecule has 0 atom stereocenters. The molecule has 2 aromatic rings. The number of piperazine rings is 1. The van der Waals surface area contributed by atoms with Crippen LogP contribution in [-0.2, 0) is 6.54 Å². The smallest absolute Gasteiger partial charge is 0.128 e. The number of nitrogens with two attached hydrogens (primary N) is 1. The van der Waals surface area contributed by atoms with Gasteiger partial charge in [0.2, 0.25) is 0 Å². The number of benzene rings is 1. The molecule has 1 aliphatic rings. The molecule has 4 nitrogen and oxygen atoms in total. The summed E-state index contributed by atoms with van der Waals surface area (Å²) in [6.45, 7) is 4.23. The zero-order valence-electron chi connectivity index (χ0n) is 11.9. The molecule has 0 saturated carbocycles. The van der Waals surface area contributed by atoms with Gasteiger partial charge in [-0.05, 0) is 23.8 Å². The second-order valence-corrected chi connectivity index (χ2v) is 5.52. The van der Waals surface area contributed by atoms with Crippen molar-refractivity contribution >= 4 is 23.1 Å². The Balaban J connectivity index is 1.75. The van der Waals surface area contributed by atoms with E-state index in [1.165, 1.54) is 0 Å². The van der Waals surface area contributed by atoms with Crippen LogP contribution in [0.1, 0.15) is 5.56 Å². The third kappa shape index (κ3) is 2.96. The minimum atomic E-state index is 0.510. The standard InChI is InChI=1S/C16H19ClN4/c17-14-5-3-4-13(12-18)16(14)21-10-8-20(9-11-21)15-6-1-2-7-19-15/h1-7H,8-12,18H2. The van der Waals surface area contributed by atoms with E-state index in [1.54, 1.807) is 0 Å². The van der Waals surface area contributed by atoms with Crippen LogP contribution in [0.4, 0.5) is 11.5 Å². The van der Waals surface area contributed by atoms with Crippen molar-refractivity contribution in [1.82, 2.24) is 4.98 Å². The van der Waals surface area contributed by atoms with Gasteiger partial charge in [0.15, 0.2) is 0 Å². The van der Waals surface area contributed by atoms with Gasteiger partial charge in [0.25, 0.3) is 0 Å². The summed E-state index contributed by atoms with van der Waals surface area (Å²) >= 11 is 6.37. The average molecular weight is 303 g/mol. The van der Waals surface area contributed by atoms with Gasteiger partial charge in [0.1, 0.15) is 5.82 Å². The first-order valence-corrected chi connectivity index (χ1v) is 7.56. The van der Waals surface area contributed by atoms with E-state index >= 15 is 0 Å². The highest BCUT2D eigenvalue weighted by atomic mass is 35.5. The summed E-state index contributed by atoms with van der Waals surface area (Å²) in [5.74, 6) is 1.04. The van der Waals surface area contributed by atoms with E-state index in [0.29, 0.717) is 6.54 Å². The van der Waals surface area contributed by atoms with Crippen LogP contribution in [0.2, 0.25) is 5.02 Å². The quantitative estimate of drug-likeness (QED) is 0.946. The van der Waals surface area contributed by atoms with Crippen LogP contribution in [0.25, 0.3) is 0 Å². The monoisotopic (exact) mass is 302 g/mol. The van der Waals surface area contributed by atoms with Gasteiger partial charge in [0.05, 0.1) is 10.7 Å². The lowest BCUT2D eigenvalue weighted by Crippen LogP contribution is -2.47. The molecule has 0 spiro atoms. The van der Waals surface area contributed by atoms with Gasteiger partial charge < -0.3 is 15.5 Å². The number of aromatic nitrogens is 1. The third-order valence-corrected chi connectivity index (χ3v) is 4.16. The molecule has 21 heavy (non-hydrogen) atoms. The third-order valence-electron chi connectivity index (χ3n) is 3.86. The summed E-state index contributed by atoms with van der Waals surface area (Å²) < 4.78 is 0. The molecule has 1 fully saturated rings. The van der Waals surface area contributed by atoms with Gasteiger partial charge in [-0.15, -0.1) is 0 Å². The van der Waals surface area contributed by atoms with Crippen molar-refractivity contribution in [3.63, 3.8) is 0 Å². The molecular formula is C16H19ClN4. The van der Waals surface area contributed by atoms with E-state index < -0.39 is 0 Å². The van der Waals surface area contributed by atoms with E-state index in [2.05, 4.69) is 20.9 Å². The van der Waals surface area contributed by atoms with Crippen LogP contribution in [-0.4, -0.2) is 31.2 Å². The van der Waals surface area contributed by atoms with Crippen LogP contribution >= 0.6 is 11.6 Å². The first kappa shape index (κ1) is 14.2. The minimum absolute atomic E-state index is 0.510. The van der Waals surface area contributed by atoms with Gasteiger partial charge in [-0.25, -0.2) is 4.98 Å². The summed E-state index contributed by atoms with van der Waals surface area (Å²) in [5.41, 5.74) is 8.03. The van der Waals surface area contributed by atoms with E-state index in [1.807, 2.05) is 36.5 Å². The van der Waals surface area contributed by atoms with Crippen molar-refractivity contribution in [2.75, 3.05) is 36.0 Å². The highest BCUT2D eigenvalue weighted by molar-refractivity contribution is 6.33. The van der Waals surface area contributed by atoms with Crippen molar-refractivity contribution in [2.24, 2.45) is 5.73 Å². The maximum Gasteiger partial charge on any atom is 0.128 e. The number of nitrogens with zero attached hydrogens (tertiary/aromatic N) is 3. The van der Waals surface area contributed by atoms with Crippen LogP contribution < -0.4 is 15.5 Å². The van der Waals surface area contributed by atoms with Crippen molar-refractivity contribution in [2.45, 2.75) is 6.54 Å². The van der Waals surface area contributed by atoms with Crippen molar-refractivity contribution in [1.29, 1.82) is 0 Å². The van der Waals surface area contributed by atoms with Crippen LogP contribution in [0.5, 0.6) is 0 Å². The van der Waals surface area contributed by atoms with E-state index in [0.717, 1.165) is 48.3 Å². The van der Waals surface area contributed by atoms with Crippen LogP contribution in [0, 0.1) is 0 Å². The first-order chi connectivity index (χ1) is 10.3. The van der Waals surface area contributed by atoms with E-state index in [4.69, 9.17) is 17.3 Å². The summed E-state index contributed by atoms with van der Waals surface area (Å²) in [6, 6.07) is 12.0. The summed E-state index contributed by atoms with van der Waals surface area (Å²) in [6.07, 6.45) is 1.84.